The van der Waals surface area contributed by atoms with Crippen LogP contribution >= 0.6 is 15.9 Å². The molecule has 0 amide bonds. The second kappa shape index (κ2) is 7.27. The van der Waals surface area contributed by atoms with E-state index in [0.29, 0.717) is 18.7 Å². The fraction of sp³-hybridized carbons (Fsp3) is 0.562. The van der Waals surface area contributed by atoms with Gasteiger partial charge in [0.1, 0.15) is 5.75 Å². The molecule has 5 heteroatoms. The second-order valence-corrected chi connectivity index (χ2v) is 7.08. The molecular weight excluding hydrogens is 334 g/mol. The molecule has 0 heterocycles. The van der Waals surface area contributed by atoms with Crippen molar-refractivity contribution in [2.45, 2.75) is 59.2 Å². The maximum absolute atomic E-state index is 11.2. The van der Waals surface area contributed by atoms with Crippen LogP contribution in [0.5, 0.6) is 5.75 Å². The van der Waals surface area contributed by atoms with Gasteiger partial charge < -0.3 is 15.2 Å². The quantitative estimate of drug-likeness (QED) is 0.810. The van der Waals surface area contributed by atoms with Gasteiger partial charge in [-0.15, -0.1) is 0 Å². The molecule has 1 atom stereocenters. The molecular formula is C16H24BrNO3. The predicted molar refractivity (Wildman–Crippen MR) is 87.8 cm³/mol. The van der Waals surface area contributed by atoms with Gasteiger partial charge in [-0.05, 0) is 51.8 Å². The van der Waals surface area contributed by atoms with Gasteiger partial charge in [-0.3, -0.25) is 0 Å². The van der Waals surface area contributed by atoms with E-state index in [1.807, 2.05) is 19.1 Å². The summed E-state index contributed by atoms with van der Waals surface area (Å²) in [6, 6.07) is 3.90. The van der Waals surface area contributed by atoms with Gasteiger partial charge in [0.05, 0.1) is 0 Å². The molecule has 0 aliphatic rings. The highest BCUT2D eigenvalue weighted by molar-refractivity contribution is 9.10. The summed E-state index contributed by atoms with van der Waals surface area (Å²) >= 11 is 3.48. The third kappa shape index (κ3) is 5.67. The Labute approximate surface area is 135 Å². The summed E-state index contributed by atoms with van der Waals surface area (Å²) in [7, 11) is 0. The van der Waals surface area contributed by atoms with Crippen LogP contribution in [-0.4, -0.2) is 22.7 Å². The summed E-state index contributed by atoms with van der Waals surface area (Å²) in [4.78, 5) is 11.2. The molecule has 0 aliphatic carbocycles. The maximum Gasteiger partial charge on any atom is 0.344 e. The Kier molecular flexibility index (Phi) is 6.23. The number of ether oxygens (including phenoxy) is 1. The number of carboxylic acid groups (broad SMARTS) is 1. The molecule has 0 saturated heterocycles. The van der Waals surface area contributed by atoms with Gasteiger partial charge in [-0.25, -0.2) is 4.79 Å². The highest BCUT2D eigenvalue weighted by Crippen LogP contribution is 2.29. The molecule has 1 aromatic carbocycles. The summed E-state index contributed by atoms with van der Waals surface area (Å²) in [6.07, 6.45) is -0.393. The van der Waals surface area contributed by atoms with Crippen LogP contribution in [0.2, 0.25) is 0 Å². The minimum absolute atomic E-state index is 0.0234. The van der Waals surface area contributed by atoms with Crippen LogP contribution in [-0.2, 0) is 11.3 Å². The zero-order valence-corrected chi connectivity index (χ0v) is 14.9. The van der Waals surface area contributed by atoms with E-state index in [0.717, 1.165) is 15.6 Å². The third-order valence-corrected chi connectivity index (χ3v) is 3.49. The van der Waals surface area contributed by atoms with E-state index < -0.39 is 12.1 Å². The topological polar surface area (TPSA) is 58.6 Å². The number of benzene rings is 1. The summed E-state index contributed by atoms with van der Waals surface area (Å²) in [5, 5.41) is 12.6. The van der Waals surface area contributed by atoms with E-state index in [-0.39, 0.29) is 5.54 Å². The number of rotatable bonds is 6. The molecule has 0 spiro atoms. The van der Waals surface area contributed by atoms with Crippen molar-refractivity contribution in [1.29, 1.82) is 0 Å². The van der Waals surface area contributed by atoms with E-state index in [9.17, 15) is 9.90 Å². The van der Waals surface area contributed by atoms with E-state index in [1.165, 1.54) is 0 Å². The van der Waals surface area contributed by atoms with Crippen LogP contribution in [0.1, 0.15) is 45.2 Å². The van der Waals surface area contributed by atoms with E-state index in [2.05, 4.69) is 42.0 Å². The zero-order chi connectivity index (χ0) is 16.2. The number of aryl methyl sites for hydroxylation is 1. The summed E-state index contributed by atoms with van der Waals surface area (Å²) in [5.41, 5.74) is 1.86. The summed E-state index contributed by atoms with van der Waals surface area (Å²) < 4.78 is 6.71. The lowest BCUT2D eigenvalue weighted by Gasteiger charge is -2.24. The molecule has 0 radical (unpaired) electrons. The molecule has 1 unspecified atom stereocenters. The predicted octanol–water partition coefficient (Wildman–Crippen LogP) is 3.89. The van der Waals surface area contributed by atoms with Crippen molar-refractivity contribution in [1.82, 2.24) is 5.32 Å². The standard InChI is InChI=1S/C16H24BrNO3/c1-6-13(15(19)20)21-14-10(2)7-12(17)8-11(14)9-18-16(3,4)5/h7-8,13,18H,6,9H2,1-5H3,(H,19,20). The number of nitrogens with one attached hydrogen (secondary N) is 1. The maximum atomic E-state index is 11.2. The molecule has 1 aromatic rings. The first kappa shape index (κ1) is 18.0. The largest absolute Gasteiger partial charge is 0.479 e. The van der Waals surface area contributed by atoms with Crippen LogP contribution in [0.15, 0.2) is 16.6 Å². The SMILES string of the molecule is CCC(Oc1c(C)cc(Br)cc1CNC(C)(C)C)C(=O)O. The zero-order valence-electron chi connectivity index (χ0n) is 13.3. The van der Waals surface area contributed by atoms with Gasteiger partial charge in [0, 0.05) is 22.1 Å². The molecule has 0 aliphatic heterocycles. The molecule has 21 heavy (non-hydrogen) atoms. The van der Waals surface area contributed by atoms with Crippen molar-refractivity contribution in [2.24, 2.45) is 0 Å². The number of carboxylic acids is 1. The molecule has 4 nitrogen and oxygen atoms in total. The van der Waals surface area contributed by atoms with Gasteiger partial charge in [0.25, 0.3) is 0 Å². The van der Waals surface area contributed by atoms with Crippen LogP contribution in [0.3, 0.4) is 0 Å². The highest BCUT2D eigenvalue weighted by Gasteiger charge is 2.21. The van der Waals surface area contributed by atoms with Crippen molar-refractivity contribution in [3.8, 4) is 5.75 Å². The molecule has 1 rings (SSSR count). The van der Waals surface area contributed by atoms with Crippen molar-refractivity contribution in [3.63, 3.8) is 0 Å². The third-order valence-electron chi connectivity index (χ3n) is 3.03. The molecule has 0 fully saturated rings. The first-order chi connectivity index (χ1) is 9.64. The number of hydrogen-bond acceptors (Lipinski definition) is 3. The number of hydrogen-bond donors (Lipinski definition) is 2. The average Bonchev–Trinajstić information content (AvgIpc) is 2.33. The minimum Gasteiger partial charge on any atom is -0.479 e. The normalized spacial score (nSPS) is 13.0. The van der Waals surface area contributed by atoms with Crippen LogP contribution in [0.4, 0.5) is 0 Å². The Morgan fingerprint density at radius 3 is 2.52 bits per heavy atom. The Balaban J connectivity index is 3.08. The lowest BCUT2D eigenvalue weighted by Crippen LogP contribution is -2.35. The van der Waals surface area contributed by atoms with Crippen LogP contribution < -0.4 is 10.1 Å². The number of aliphatic carboxylic acids is 1. The van der Waals surface area contributed by atoms with Crippen molar-refractivity contribution in [3.05, 3.63) is 27.7 Å². The smallest absolute Gasteiger partial charge is 0.344 e. The number of halogens is 1. The minimum atomic E-state index is -0.936. The first-order valence-corrected chi connectivity index (χ1v) is 7.87. The van der Waals surface area contributed by atoms with Crippen molar-refractivity contribution >= 4 is 21.9 Å². The van der Waals surface area contributed by atoms with E-state index in [4.69, 9.17) is 4.74 Å². The van der Waals surface area contributed by atoms with Gasteiger partial charge in [0.15, 0.2) is 6.10 Å². The van der Waals surface area contributed by atoms with Crippen molar-refractivity contribution in [2.75, 3.05) is 0 Å². The fourth-order valence-corrected chi connectivity index (χ4v) is 2.53. The monoisotopic (exact) mass is 357 g/mol. The molecule has 0 bridgehead atoms. The summed E-state index contributed by atoms with van der Waals surface area (Å²) in [6.45, 7) is 10.6. The Morgan fingerprint density at radius 1 is 1.43 bits per heavy atom. The summed E-state index contributed by atoms with van der Waals surface area (Å²) in [5.74, 6) is -0.279. The van der Waals surface area contributed by atoms with Gasteiger partial charge in [-0.2, -0.15) is 0 Å². The number of carbonyl (C=O) groups is 1. The van der Waals surface area contributed by atoms with Gasteiger partial charge in [0.2, 0.25) is 0 Å². The highest BCUT2D eigenvalue weighted by atomic mass is 79.9. The molecule has 0 saturated carbocycles. The fourth-order valence-electron chi connectivity index (χ4n) is 1.91. The van der Waals surface area contributed by atoms with Crippen molar-refractivity contribution < 1.29 is 14.6 Å². The second-order valence-electron chi connectivity index (χ2n) is 6.17. The Bertz CT molecular complexity index is 509. The first-order valence-electron chi connectivity index (χ1n) is 7.07. The Morgan fingerprint density at radius 2 is 2.05 bits per heavy atom. The van der Waals surface area contributed by atoms with E-state index >= 15 is 0 Å². The van der Waals surface area contributed by atoms with E-state index in [1.54, 1.807) is 6.92 Å². The van der Waals surface area contributed by atoms with Gasteiger partial charge >= 0.3 is 5.97 Å². The Hall–Kier alpha value is -1.07. The average molecular weight is 358 g/mol. The molecule has 0 aromatic heterocycles. The molecule has 118 valence electrons. The van der Waals surface area contributed by atoms with Crippen LogP contribution in [0, 0.1) is 6.92 Å². The van der Waals surface area contributed by atoms with Crippen LogP contribution in [0.25, 0.3) is 0 Å². The lowest BCUT2D eigenvalue weighted by atomic mass is 10.1. The lowest BCUT2D eigenvalue weighted by molar-refractivity contribution is -0.145. The molecule has 2 N–H and O–H groups in total. The van der Waals surface area contributed by atoms with Gasteiger partial charge in [-0.1, -0.05) is 22.9 Å².